The molecule has 2 aromatic heterocycles. The van der Waals surface area contributed by atoms with E-state index in [1.54, 1.807) is 28.8 Å². The second kappa shape index (κ2) is 9.52. The molecule has 4 aromatic rings. The first-order chi connectivity index (χ1) is 16.2. The fourth-order valence-corrected chi connectivity index (χ4v) is 4.19. The van der Waals surface area contributed by atoms with Crippen LogP contribution in [0.2, 0.25) is 0 Å². The molecule has 0 amide bonds. The second-order valence-corrected chi connectivity index (χ2v) is 9.87. The number of hydrogen-bond donors (Lipinski definition) is 3. The van der Waals surface area contributed by atoms with Gasteiger partial charge in [0, 0.05) is 35.4 Å². The molecular weight excluding hydrogens is 450 g/mol. The number of nitrogens with one attached hydrogen (secondary N) is 3. The predicted molar refractivity (Wildman–Crippen MR) is 134 cm³/mol. The summed E-state index contributed by atoms with van der Waals surface area (Å²) in [6.07, 6.45) is 3.03. The number of aromatic nitrogens is 4. The lowest BCUT2D eigenvalue weighted by Crippen LogP contribution is -2.13. The van der Waals surface area contributed by atoms with Crippen molar-refractivity contribution in [2.45, 2.75) is 38.8 Å². The monoisotopic (exact) mass is 477 g/mol. The molecule has 0 bridgehead atoms. The summed E-state index contributed by atoms with van der Waals surface area (Å²) in [4.78, 5) is 12.9. The van der Waals surface area contributed by atoms with Crippen LogP contribution in [0.3, 0.4) is 0 Å². The van der Waals surface area contributed by atoms with Crippen LogP contribution in [0.5, 0.6) is 0 Å². The lowest BCUT2D eigenvalue weighted by atomic mass is 10.2. The van der Waals surface area contributed by atoms with Gasteiger partial charge in [0.15, 0.2) is 5.03 Å². The smallest absolute Gasteiger partial charge is 0.280 e. The van der Waals surface area contributed by atoms with E-state index in [-0.39, 0.29) is 11.1 Å². The van der Waals surface area contributed by atoms with Crippen LogP contribution in [0.15, 0.2) is 72.1 Å². The van der Waals surface area contributed by atoms with Gasteiger partial charge in [-0.05, 0) is 64.1 Å². The van der Waals surface area contributed by atoms with Crippen molar-refractivity contribution in [1.29, 1.82) is 0 Å². The van der Waals surface area contributed by atoms with Gasteiger partial charge in [-0.15, -0.1) is 0 Å². The zero-order valence-corrected chi connectivity index (χ0v) is 20.3. The maximum atomic E-state index is 12.6. The summed E-state index contributed by atoms with van der Waals surface area (Å²) in [5.41, 5.74) is 3.31. The molecule has 10 heteroatoms. The first-order valence-corrected chi connectivity index (χ1v) is 12.3. The molecule has 9 nitrogen and oxygen atoms in total. The molecule has 0 aliphatic rings. The largest absolute Gasteiger partial charge is 0.340 e. The number of rotatable bonds is 8. The van der Waals surface area contributed by atoms with E-state index in [4.69, 9.17) is 0 Å². The van der Waals surface area contributed by atoms with Gasteiger partial charge in [0.2, 0.25) is 0 Å². The molecule has 0 aliphatic heterocycles. The maximum Gasteiger partial charge on any atom is 0.280 e. The minimum absolute atomic E-state index is 0.0199. The molecule has 34 heavy (non-hydrogen) atoms. The van der Waals surface area contributed by atoms with Gasteiger partial charge in [-0.1, -0.05) is 17.7 Å². The van der Waals surface area contributed by atoms with Gasteiger partial charge in [-0.3, -0.25) is 4.72 Å². The van der Waals surface area contributed by atoms with E-state index in [9.17, 15) is 8.42 Å². The molecule has 0 radical (unpaired) electrons. The fraction of sp³-hybridized carbons (Fsp3) is 0.208. The summed E-state index contributed by atoms with van der Waals surface area (Å²) in [7, 11) is -3.77. The van der Waals surface area contributed by atoms with E-state index in [0.29, 0.717) is 23.1 Å². The molecule has 0 atom stereocenters. The quantitative estimate of drug-likeness (QED) is 0.321. The molecule has 0 unspecified atom stereocenters. The molecule has 4 rings (SSSR count). The number of aryl methyl sites for hydroxylation is 2. The van der Waals surface area contributed by atoms with Gasteiger partial charge in [0.25, 0.3) is 10.0 Å². The Morgan fingerprint density at radius 1 is 0.824 bits per heavy atom. The Labute approximate surface area is 199 Å². The lowest BCUT2D eigenvalue weighted by Gasteiger charge is -2.11. The minimum Gasteiger partial charge on any atom is -0.340 e. The molecule has 0 saturated heterocycles. The Bertz CT molecular complexity index is 1380. The standard InChI is InChI=1S/C24H27N7O2S/c1-16(2)31-14-24(25-15-31)34(32,33)30-21-11-9-20(10-12-21)29-23-13-22(26-18(4)27-23)28-19-7-5-17(3)6-8-19/h5-16,30H,1-4H3,(H2,26,27,28,29). The van der Waals surface area contributed by atoms with Crippen molar-refractivity contribution in [3.63, 3.8) is 0 Å². The second-order valence-electron chi connectivity index (χ2n) is 8.24. The number of nitrogens with zero attached hydrogens (tertiary/aromatic N) is 4. The summed E-state index contributed by atoms with van der Waals surface area (Å²) < 4.78 is 29.6. The number of imidazole rings is 1. The fourth-order valence-electron chi connectivity index (χ4n) is 3.20. The van der Waals surface area contributed by atoms with E-state index < -0.39 is 10.0 Å². The van der Waals surface area contributed by atoms with E-state index >= 15 is 0 Å². The predicted octanol–water partition coefficient (Wildman–Crippen LogP) is 5.16. The van der Waals surface area contributed by atoms with Gasteiger partial charge < -0.3 is 15.2 Å². The zero-order chi connectivity index (χ0) is 24.3. The average Bonchev–Trinajstić information content (AvgIpc) is 3.28. The zero-order valence-electron chi connectivity index (χ0n) is 19.4. The van der Waals surface area contributed by atoms with Gasteiger partial charge in [-0.25, -0.2) is 15.0 Å². The first kappa shape index (κ1) is 23.2. The molecule has 0 spiro atoms. The molecule has 2 heterocycles. The van der Waals surface area contributed by atoms with Crippen molar-refractivity contribution in [3.05, 3.63) is 78.5 Å². The van der Waals surface area contributed by atoms with Crippen molar-refractivity contribution in [2.24, 2.45) is 0 Å². The van der Waals surface area contributed by atoms with Crippen molar-refractivity contribution < 1.29 is 8.42 Å². The van der Waals surface area contributed by atoms with Crippen LogP contribution >= 0.6 is 0 Å². The number of hydrogen-bond acceptors (Lipinski definition) is 7. The highest BCUT2D eigenvalue weighted by atomic mass is 32.2. The van der Waals surface area contributed by atoms with Crippen molar-refractivity contribution in [1.82, 2.24) is 19.5 Å². The van der Waals surface area contributed by atoms with Gasteiger partial charge in [0.05, 0.1) is 6.33 Å². The molecular formula is C24H27N7O2S. The third kappa shape index (κ3) is 5.70. The van der Waals surface area contributed by atoms with Crippen LogP contribution in [0.25, 0.3) is 0 Å². The average molecular weight is 478 g/mol. The van der Waals surface area contributed by atoms with Crippen LogP contribution in [0, 0.1) is 13.8 Å². The van der Waals surface area contributed by atoms with Crippen molar-refractivity contribution in [2.75, 3.05) is 15.4 Å². The summed E-state index contributed by atoms with van der Waals surface area (Å²) in [6.45, 7) is 7.77. The highest BCUT2D eigenvalue weighted by molar-refractivity contribution is 7.92. The van der Waals surface area contributed by atoms with Crippen LogP contribution < -0.4 is 15.4 Å². The summed E-state index contributed by atoms with van der Waals surface area (Å²) in [5.74, 6) is 1.91. The van der Waals surface area contributed by atoms with E-state index in [1.165, 1.54) is 18.1 Å². The van der Waals surface area contributed by atoms with Crippen LogP contribution in [-0.4, -0.2) is 27.9 Å². The third-order valence-electron chi connectivity index (χ3n) is 5.02. The van der Waals surface area contributed by atoms with Crippen molar-refractivity contribution in [3.8, 4) is 0 Å². The molecule has 0 fully saturated rings. The van der Waals surface area contributed by atoms with Gasteiger partial charge in [0.1, 0.15) is 17.5 Å². The number of sulfonamides is 1. The first-order valence-electron chi connectivity index (χ1n) is 10.8. The Hall–Kier alpha value is -3.92. The Balaban J connectivity index is 1.45. The summed E-state index contributed by atoms with van der Waals surface area (Å²) in [6, 6.07) is 16.9. The van der Waals surface area contributed by atoms with Crippen LogP contribution in [0.4, 0.5) is 28.7 Å². The van der Waals surface area contributed by atoms with Crippen LogP contribution in [-0.2, 0) is 10.0 Å². The maximum absolute atomic E-state index is 12.6. The highest BCUT2D eigenvalue weighted by Gasteiger charge is 2.18. The molecule has 0 saturated carbocycles. The molecule has 2 aromatic carbocycles. The summed E-state index contributed by atoms with van der Waals surface area (Å²) in [5, 5.41) is 6.50. The number of anilines is 5. The lowest BCUT2D eigenvalue weighted by molar-refractivity contribution is 0.591. The Kier molecular flexibility index (Phi) is 6.51. The van der Waals surface area contributed by atoms with Crippen molar-refractivity contribution >= 4 is 38.7 Å². The topological polar surface area (TPSA) is 114 Å². The third-order valence-corrected chi connectivity index (χ3v) is 6.29. The van der Waals surface area contributed by atoms with Crippen LogP contribution in [0.1, 0.15) is 31.3 Å². The van der Waals surface area contributed by atoms with E-state index in [0.717, 1.165) is 11.4 Å². The minimum atomic E-state index is -3.77. The van der Waals surface area contributed by atoms with Gasteiger partial charge in [-0.2, -0.15) is 8.42 Å². The summed E-state index contributed by atoms with van der Waals surface area (Å²) >= 11 is 0. The van der Waals surface area contributed by atoms with Gasteiger partial charge >= 0.3 is 0 Å². The SMILES string of the molecule is Cc1ccc(Nc2cc(Nc3ccc(NS(=O)(=O)c4cn(C(C)C)cn4)cc3)nc(C)n2)cc1. The molecule has 0 aliphatic carbocycles. The molecule has 3 N–H and O–H groups in total. The van der Waals surface area contributed by atoms with E-state index in [1.807, 2.05) is 58.0 Å². The Morgan fingerprint density at radius 3 is 1.88 bits per heavy atom. The Morgan fingerprint density at radius 2 is 1.35 bits per heavy atom. The highest BCUT2D eigenvalue weighted by Crippen LogP contribution is 2.23. The normalized spacial score (nSPS) is 11.4. The number of benzene rings is 2. The van der Waals surface area contributed by atoms with E-state index in [2.05, 4.69) is 30.3 Å². The molecule has 176 valence electrons.